The summed E-state index contributed by atoms with van der Waals surface area (Å²) in [5, 5.41) is 0.539. The van der Waals surface area contributed by atoms with Crippen LogP contribution in [0.4, 0.5) is 9.52 Å². The first-order valence-corrected chi connectivity index (χ1v) is 10.2. The molecule has 1 aliphatic heterocycles. The summed E-state index contributed by atoms with van der Waals surface area (Å²) in [6.45, 7) is 1.45. The van der Waals surface area contributed by atoms with Crippen molar-refractivity contribution in [2.24, 2.45) is 0 Å². The molecule has 0 radical (unpaired) electrons. The van der Waals surface area contributed by atoms with E-state index in [1.807, 2.05) is 32.3 Å². The third kappa shape index (κ3) is 4.33. The summed E-state index contributed by atoms with van der Waals surface area (Å²) in [4.78, 5) is 21.6. The molecular weight excluding hydrogens is 393 g/mol. The van der Waals surface area contributed by atoms with Crippen LogP contribution in [0.15, 0.2) is 42.5 Å². The van der Waals surface area contributed by atoms with Crippen LogP contribution in [0, 0.1) is 5.82 Å². The monoisotopic (exact) mass is 415 g/mol. The van der Waals surface area contributed by atoms with Crippen LogP contribution in [0.3, 0.4) is 0 Å². The van der Waals surface area contributed by atoms with Gasteiger partial charge in [0, 0.05) is 6.54 Å². The molecule has 152 valence electrons. The highest BCUT2D eigenvalue weighted by atomic mass is 32.1. The molecule has 1 atom stereocenters. The largest absolute Gasteiger partial charge is 0.485 e. The molecule has 29 heavy (non-hydrogen) atoms. The smallest absolute Gasteiger partial charge is 0.273 e. The number of carbonyl (C=O) groups excluding carboxylic acids is 1. The van der Waals surface area contributed by atoms with E-state index in [0.29, 0.717) is 33.4 Å². The Bertz CT molecular complexity index is 1020. The van der Waals surface area contributed by atoms with E-state index in [0.717, 1.165) is 13.0 Å². The van der Waals surface area contributed by atoms with Gasteiger partial charge in [-0.05, 0) is 57.4 Å². The van der Waals surface area contributed by atoms with Gasteiger partial charge in [0.15, 0.2) is 16.6 Å². The molecular formula is C21H22FN3O3S. The second-order valence-electron chi connectivity index (χ2n) is 7.12. The van der Waals surface area contributed by atoms with E-state index in [-0.39, 0.29) is 18.3 Å². The van der Waals surface area contributed by atoms with Crippen molar-refractivity contribution in [3.63, 3.8) is 0 Å². The molecule has 0 spiro atoms. The Hall–Kier alpha value is -2.71. The molecule has 0 saturated carbocycles. The van der Waals surface area contributed by atoms with Crippen LogP contribution in [0.1, 0.15) is 6.42 Å². The van der Waals surface area contributed by atoms with Crippen molar-refractivity contribution < 1.29 is 18.7 Å². The van der Waals surface area contributed by atoms with Crippen molar-refractivity contribution >= 4 is 32.6 Å². The van der Waals surface area contributed by atoms with E-state index in [1.165, 1.54) is 23.5 Å². The van der Waals surface area contributed by atoms with Crippen LogP contribution in [0.2, 0.25) is 0 Å². The third-order valence-electron chi connectivity index (χ3n) is 4.61. The summed E-state index contributed by atoms with van der Waals surface area (Å²) >= 11 is 1.30. The van der Waals surface area contributed by atoms with Crippen LogP contribution in [-0.4, -0.2) is 55.7 Å². The van der Waals surface area contributed by atoms with Gasteiger partial charge in [0.05, 0.1) is 10.2 Å². The highest BCUT2D eigenvalue weighted by Crippen LogP contribution is 2.33. The number of anilines is 1. The Morgan fingerprint density at radius 2 is 2.00 bits per heavy atom. The lowest BCUT2D eigenvalue weighted by atomic mass is 10.2. The zero-order valence-electron chi connectivity index (χ0n) is 16.3. The van der Waals surface area contributed by atoms with Crippen LogP contribution < -0.4 is 14.4 Å². The molecule has 2 aromatic carbocycles. The van der Waals surface area contributed by atoms with Gasteiger partial charge in [0.2, 0.25) is 6.10 Å². The minimum Gasteiger partial charge on any atom is -0.485 e. The minimum absolute atomic E-state index is 0.138. The molecule has 1 amide bonds. The first kappa shape index (κ1) is 19.6. The molecule has 4 rings (SSSR count). The van der Waals surface area contributed by atoms with E-state index < -0.39 is 6.10 Å². The number of hydrogen-bond donors (Lipinski definition) is 0. The van der Waals surface area contributed by atoms with E-state index in [2.05, 4.69) is 9.88 Å². The van der Waals surface area contributed by atoms with Crippen molar-refractivity contribution in [3.05, 3.63) is 48.3 Å². The molecule has 0 fully saturated rings. The Morgan fingerprint density at radius 1 is 1.21 bits per heavy atom. The molecule has 8 heteroatoms. The van der Waals surface area contributed by atoms with Crippen LogP contribution in [0.5, 0.6) is 11.5 Å². The van der Waals surface area contributed by atoms with Crippen molar-refractivity contribution in [2.75, 3.05) is 38.7 Å². The Kier molecular flexibility index (Phi) is 5.64. The SMILES string of the molecule is CN(C)CCCN(C(=O)[C@H]1COc2ccccc2O1)c1nc2ccc(F)cc2s1. The van der Waals surface area contributed by atoms with Gasteiger partial charge in [0.25, 0.3) is 5.91 Å². The van der Waals surface area contributed by atoms with Gasteiger partial charge in [-0.1, -0.05) is 23.5 Å². The second-order valence-corrected chi connectivity index (χ2v) is 8.13. The fourth-order valence-electron chi connectivity index (χ4n) is 3.16. The summed E-state index contributed by atoms with van der Waals surface area (Å²) in [7, 11) is 3.98. The van der Waals surface area contributed by atoms with E-state index in [9.17, 15) is 9.18 Å². The number of halogens is 1. The molecule has 1 aromatic heterocycles. The summed E-state index contributed by atoms with van der Waals surface area (Å²) in [5.74, 6) is 0.652. The molecule has 0 unspecified atom stereocenters. The number of ether oxygens (including phenoxy) is 2. The van der Waals surface area contributed by atoms with Crippen molar-refractivity contribution in [1.29, 1.82) is 0 Å². The summed E-state index contributed by atoms with van der Waals surface area (Å²) in [5.41, 5.74) is 0.669. The molecule has 0 aliphatic carbocycles. The lowest BCUT2D eigenvalue weighted by molar-refractivity contribution is -0.127. The zero-order valence-corrected chi connectivity index (χ0v) is 17.1. The van der Waals surface area contributed by atoms with E-state index in [1.54, 1.807) is 17.0 Å². The van der Waals surface area contributed by atoms with Crippen LogP contribution >= 0.6 is 11.3 Å². The fraction of sp³-hybridized carbons (Fsp3) is 0.333. The van der Waals surface area contributed by atoms with Gasteiger partial charge in [-0.15, -0.1) is 0 Å². The number of aromatic nitrogens is 1. The maximum atomic E-state index is 13.6. The maximum absolute atomic E-state index is 13.6. The van der Waals surface area contributed by atoms with Gasteiger partial charge in [-0.3, -0.25) is 9.69 Å². The molecule has 0 bridgehead atoms. The topological polar surface area (TPSA) is 54.9 Å². The second kappa shape index (κ2) is 8.34. The average molecular weight is 415 g/mol. The van der Waals surface area contributed by atoms with Crippen molar-refractivity contribution in [2.45, 2.75) is 12.5 Å². The molecule has 0 N–H and O–H groups in total. The lowest BCUT2D eigenvalue weighted by Crippen LogP contribution is -2.47. The normalized spacial score (nSPS) is 15.7. The maximum Gasteiger partial charge on any atom is 0.273 e. The zero-order chi connectivity index (χ0) is 20.4. The fourth-order valence-corrected chi connectivity index (χ4v) is 4.18. The number of para-hydroxylation sites is 2. The number of rotatable bonds is 6. The summed E-state index contributed by atoms with van der Waals surface area (Å²) in [6.07, 6.45) is 0.0145. The minimum atomic E-state index is -0.756. The first-order chi connectivity index (χ1) is 14.0. The number of thiazole rings is 1. The number of fused-ring (bicyclic) bond motifs is 2. The Morgan fingerprint density at radius 3 is 2.79 bits per heavy atom. The van der Waals surface area contributed by atoms with E-state index in [4.69, 9.17) is 9.47 Å². The Balaban J connectivity index is 1.60. The molecule has 1 aliphatic rings. The van der Waals surface area contributed by atoms with Gasteiger partial charge >= 0.3 is 0 Å². The van der Waals surface area contributed by atoms with Gasteiger partial charge in [-0.25, -0.2) is 9.37 Å². The summed E-state index contributed by atoms with van der Waals surface area (Å²) < 4.78 is 25.9. The quantitative estimate of drug-likeness (QED) is 0.616. The predicted molar refractivity (Wildman–Crippen MR) is 111 cm³/mol. The molecule has 6 nitrogen and oxygen atoms in total. The number of nitrogens with zero attached hydrogens (tertiary/aromatic N) is 3. The van der Waals surface area contributed by atoms with Crippen molar-refractivity contribution in [3.8, 4) is 11.5 Å². The van der Waals surface area contributed by atoms with Crippen molar-refractivity contribution in [1.82, 2.24) is 9.88 Å². The first-order valence-electron chi connectivity index (χ1n) is 9.42. The number of amides is 1. The van der Waals surface area contributed by atoms with E-state index >= 15 is 0 Å². The summed E-state index contributed by atoms with van der Waals surface area (Å²) in [6, 6.07) is 11.7. The van der Waals surface area contributed by atoms with Gasteiger partial charge < -0.3 is 14.4 Å². The van der Waals surface area contributed by atoms with Crippen LogP contribution in [0.25, 0.3) is 10.2 Å². The third-order valence-corrected chi connectivity index (χ3v) is 5.65. The lowest BCUT2D eigenvalue weighted by Gasteiger charge is -2.29. The van der Waals surface area contributed by atoms with Gasteiger partial charge in [0.1, 0.15) is 12.4 Å². The predicted octanol–water partition coefficient (Wildman–Crippen LogP) is 3.56. The molecule has 3 aromatic rings. The van der Waals surface area contributed by atoms with Crippen LogP contribution in [-0.2, 0) is 4.79 Å². The number of carbonyl (C=O) groups is 1. The molecule has 0 saturated heterocycles. The van der Waals surface area contributed by atoms with Gasteiger partial charge in [-0.2, -0.15) is 0 Å². The average Bonchev–Trinajstić information content (AvgIpc) is 3.13. The highest BCUT2D eigenvalue weighted by Gasteiger charge is 2.33. The Labute approximate surface area is 172 Å². The molecule has 2 heterocycles. The standard InChI is InChI=1S/C21H22FN3O3S/c1-24(2)10-5-11-25(21-23-15-9-8-14(22)12-19(15)29-21)20(26)18-13-27-16-6-3-4-7-17(16)28-18/h3-4,6-9,12,18H,5,10-11,13H2,1-2H3/t18-/m1/s1. The number of hydrogen-bond acceptors (Lipinski definition) is 6. The number of benzene rings is 2. The highest BCUT2D eigenvalue weighted by molar-refractivity contribution is 7.22.